The van der Waals surface area contributed by atoms with Gasteiger partial charge in [0.1, 0.15) is 5.58 Å². The Bertz CT molecular complexity index is 1360. The molecule has 0 bridgehead atoms. The summed E-state index contributed by atoms with van der Waals surface area (Å²) >= 11 is 0. The molecule has 2 aromatic carbocycles. The van der Waals surface area contributed by atoms with Gasteiger partial charge in [-0.25, -0.2) is 18.4 Å². The molecule has 174 valence electrons. The van der Waals surface area contributed by atoms with E-state index in [4.69, 9.17) is 9.56 Å². The molecule has 1 aliphatic heterocycles. The van der Waals surface area contributed by atoms with E-state index >= 15 is 0 Å². The van der Waals surface area contributed by atoms with Gasteiger partial charge in [-0.3, -0.25) is 4.79 Å². The van der Waals surface area contributed by atoms with Crippen molar-refractivity contribution in [2.75, 3.05) is 13.1 Å². The Hall–Kier alpha value is -2.97. The van der Waals surface area contributed by atoms with Gasteiger partial charge < -0.3 is 9.32 Å². The van der Waals surface area contributed by atoms with E-state index in [1.807, 2.05) is 56.3 Å². The Morgan fingerprint density at radius 1 is 1.18 bits per heavy atom. The molecule has 1 fully saturated rings. The van der Waals surface area contributed by atoms with Crippen molar-refractivity contribution in [1.29, 1.82) is 0 Å². The molecule has 1 saturated heterocycles. The largest absolute Gasteiger partial charge is 0.423 e. The molecule has 1 aliphatic rings. The van der Waals surface area contributed by atoms with Crippen LogP contribution < -0.4 is 10.8 Å². The van der Waals surface area contributed by atoms with Crippen LogP contribution in [0, 0.1) is 12.8 Å². The quantitative estimate of drug-likeness (QED) is 0.578. The lowest BCUT2D eigenvalue weighted by molar-refractivity contribution is -0.135. The number of sulfonamides is 1. The van der Waals surface area contributed by atoms with Crippen LogP contribution in [0.15, 0.2) is 57.7 Å². The molecule has 1 amide bonds. The first-order valence-corrected chi connectivity index (χ1v) is 12.7. The highest BCUT2D eigenvalue weighted by Crippen LogP contribution is 2.30. The van der Waals surface area contributed by atoms with Crippen LogP contribution in [0.5, 0.6) is 0 Å². The molecule has 0 aliphatic carbocycles. The minimum Gasteiger partial charge on any atom is -0.423 e. The lowest BCUT2D eigenvalue weighted by Gasteiger charge is -2.33. The number of carbonyl (C=O) groups excluding carboxylic acids is 1. The van der Waals surface area contributed by atoms with Crippen LogP contribution in [0.4, 0.5) is 0 Å². The van der Waals surface area contributed by atoms with Gasteiger partial charge in [0.2, 0.25) is 15.9 Å². The summed E-state index contributed by atoms with van der Waals surface area (Å²) < 4.78 is 28.9. The smallest absolute Gasteiger partial charge is 0.336 e. The molecule has 3 aromatic rings. The summed E-state index contributed by atoms with van der Waals surface area (Å²) in [7, 11) is -3.67. The van der Waals surface area contributed by atoms with E-state index in [0.29, 0.717) is 31.4 Å². The van der Waals surface area contributed by atoms with Gasteiger partial charge in [0.05, 0.1) is 5.25 Å². The molecule has 2 atom stereocenters. The van der Waals surface area contributed by atoms with Crippen molar-refractivity contribution >= 4 is 26.9 Å². The van der Waals surface area contributed by atoms with E-state index < -0.39 is 20.9 Å². The molecule has 0 radical (unpaired) electrons. The molecule has 4 rings (SSSR count). The van der Waals surface area contributed by atoms with Crippen molar-refractivity contribution in [2.24, 2.45) is 11.1 Å². The fourth-order valence-electron chi connectivity index (χ4n) is 4.59. The van der Waals surface area contributed by atoms with Crippen LogP contribution in [0.25, 0.3) is 22.1 Å². The first-order chi connectivity index (χ1) is 15.6. The van der Waals surface area contributed by atoms with Gasteiger partial charge in [0, 0.05) is 36.0 Å². The van der Waals surface area contributed by atoms with Crippen LogP contribution >= 0.6 is 0 Å². The maximum Gasteiger partial charge on any atom is 0.336 e. The monoisotopic (exact) mass is 468 g/mol. The number of amides is 1. The predicted octanol–water partition coefficient (Wildman–Crippen LogP) is 3.23. The molecule has 2 heterocycles. The van der Waals surface area contributed by atoms with E-state index in [1.165, 1.54) is 6.07 Å². The topological polar surface area (TPSA) is 111 Å². The first kappa shape index (κ1) is 23.2. The minimum absolute atomic E-state index is 0.0986. The Labute approximate surface area is 193 Å². The number of rotatable bonds is 5. The van der Waals surface area contributed by atoms with Crippen LogP contribution in [-0.2, 0) is 21.2 Å². The van der Waals surface area contributed by atoms with Gasteiger partial charge in [0.15, 0.2) is 0 Å². The summed E-state index contributed by atoms with van der Waals surface area (Å²) in [6.45, 7) is 4.49. The SMILES string of the molecule is Cc1ccccc1-c1cc(=O)oc2cc(CC(C)C(=O)N3CCC[C@H](S(N)(=O)=O)C3)ccc12. The number of hydrogen-bond acceptors (Lipinski definition) is 5. The second-order valence-electron chi connectivity index (χ2n) is 8.87. The Morgan fingerprint density at radius 3 is 2.67 bits per heavy atom. The third-order valence-corrected chi connectivity index (χ3v) is 7.68. The van der Waals surface area contributed by atoms with Crippen molar-refractivity contribution in [2.45, 2.75) is 38.4 Å². The zero-order chi connectivity index (χ0) is 23.8. The zero-order valence-corrected chi connectivity index (χ0v) is 19.6. The highest BCUT2D eigenvalue weighted by atomic mass is 32.2. The van der Waals surface area contributed by atoms with E-state index in [1.54, 1.807) is 4.90 Å². The van der Waals surface area contributed by atoms with E-state index in [2.05, 4.69) is 0 Å². The summed E-state index contributed by atoms with van der Waals surface area (Å²) in [6, 6.07) is 15.0. The number of likely N-dealkylation sites (tertiary alicyclic amines) is 1. The van der Waals surface area contributed by atoms with Crippen molar-refractivity contribution in [3.05, 3.63) is 70.1 Å². The highest BCUT2D eigenvalue weighted by Gasteiger charge is 2.32. The van der Waals surface area contributed by atoms with Crippen LogP contribution in [0.1, 0.15) is 30.9 Å². The fourth-order valence-corrected chi connectivity index (χ4v) is 5.47. The number of primary sulfonamides is 1. The number of fused-ring (bicyclic) bond motifs is 1. The summed E-state index contributed by atoms with van der Waals surface area (Å²) in [5.74, 6) is -0.452. The van der Waals surface area contributed by atoms with Gasteiger partial charge >= 0.3 is 5.63 Å². The van der Waals surface area contributed by atoms with E-state index in [-0.39, 0.29) is 18.4 Å². The summed E-state index contributed by atoms with van der Waals surface area (Å²) in [6.07, 6.45) is 1.54. The molecule has 1 unspecified atom stereocenters. The standard InChI is InChI=1S/C25H28N2O5S/c1-16-6-3-4-8-20(16)22-14-24(28)32-23-13-18(9-10-21(22)23)12-17(2)25(29)27-11-5-7-19(15-27)33(26,30)31/h3-4,6,8-10,13-14,17,19H,5,7,11-12,15H2,1-2H3,(H2,26,30,31)/t17?,19-/m0/s1. The molecular formula is C25H28N2O5S. The van der Waals surface area contributed by atoms with Crippen molar-refractivity contribution in [3.63, 3.8) is 0 Å². The van der Waals surface area contributed by atoms with Crippen LogP contribution in [0.2, 0.25) is 0 Å². The Morgan fingerprint density at radius 2 is 1.94 bits per heavy atom. The average Bonchev–Trinajstić information content (AvgIpc) is 2.77. The molecular weight excluding hydrogens is 440 g/mol. The lowest BCUT2D eigenvalue weighted by atomic mass is 9.95. The van der Waals surface area contributed by atoms with Gasteiger partial charge in [0.25, 0.3) is 0 Å². The van der Waals surface area contributed by atoms with Gasteiger partial charge in [-0.05, 0) is 48.9 Å². The second kappa shape index (κ2) is 9.11. The average molecular weight is 469 g/mol. The Balaban J connectivity index is 1.58. The van der Waals surface area contributed by atoms with E-state index in [9.17, 15) is 18.0 Å². The van der Waals surface area contributed by atoms with Crippen molar-refractivity contribution in [1.82, 2.24) is 4.90 Å². The molecule has 1 aromatic heterocycles. The second-order valence-corrected chi connectivity index (χ2v) is 10.7. The van der Waals surface area contributed by atoms with Crippen molar-refractivity contribution < 1.29 is 17.6 Å². The highest BCUT2D eigenvalue weighted by molar-refractivity contribution is 7.89. The third-order valence-electron chi connectivity index (χ3n) is 6.36. The van der Waals surface area contributed by atoms with Gasteiger partial charge in [-0.15, -0.1) is 0 Å². The van der Waals surface area contributed by atoms with Crippen LogP contribution in [0.3, 0.4) is 0 Å². The molecule has 0 saturated carbocycles. The number of nitrogens with two attached hydrogens (primary N) is 1. The number of piperidine rings is 1. The molecule has 0 spiro atoms. The lowest BCUT2D eigenvalue weighted by Crippen LogP contribution is -2.48. The molecule has 7 nitrogen and oxygen atoms in total. The molecule has 2 N–H and O–H groups in total. The number of aryl methyl sites for hydroxylation is 1. The van der Waals surface area contributed by atoms with Gasteiger partial charge in [-0.2, -0.15) is 0 Å². The number of hydrogen-bond donors (Lipinski definition) is 1. The maximum absolute atomic E-state index is 13.0. The fraction of sp³-hybridized carbons (Fsp3) is 0.360. The van der Waals surface area contributed by atoms with Gasteiger partial charge in [-0.1, -0.05) is 43.3 Å². The van der Waals surface area contributed by atoms with Crippen LogP contribution in [-0.4, -0.2) is 37.6 Å². The summed E-state index contributed by atoms with van der Waals surface area (Å²) in [5.41, 5.74) is 3.77. The minimum atomic E-state index is -3.67. The van der Waals surface area contributed by atoms with E-state index in [0.717, 1.165) is 27.6 Å². The van der Waals surface area contributed by atoms with Crippen molar-refractivity contribution in [3.8, 4) is 11.1 Å². The third kappa shape index (κ3) is 5.02. The zero-order valence-electron chi connectivity index (χ0n) is 18.8. The summed E-state index contributed by atoms with van der Waals surface area (Å²) in [4.78, 5) is 26.8. The summed E-state index contributed by atoms with van der Waals surface area (Å²) in [5, 5.41) is 5.42. The maximum atomic E-state index is 13.0. The number of nitrogens with zero attached hydrogens (tertiary/aromatic N) is 1. The number of carbonyl (C=O) groups is 1. The molecule has 8 heteroatoms. The number of benzene rings is 2. The first-order valence-electron chi connectivity index (χ1n) is 11.1. The Kier molecular flexibility index (Phi) is 6.41. The molecule has 33 heavy (non-hydrogen) atoms. The normalized spacial score (nSPS) is 17.8. The predicted molar refractivity (Wildman–Crippen MR) is 128 cm³/mol.